The molecule has 7 heteroatoms. The minimum atomic E-state index is -1.81. The summed E-state index contributed by atoms with van der Waals surface area (Å²) in [6, 6.07) is 15.7. The third-order valence-electron chi connectivity index (χ3n) is 6.21. The Bertz CT molecular complexity index is 1180. The van der Waals surface area contributed by atoms with Crippen LogP contribution in [0.3, 0.4) is 0 Å². The Morgan fingerprint density at radius 2 is 1.86 bits per heavy atom. The molecule has 2 aromatic rings. The number of nitrogens with zero attached hydrogens (tertiary/aromatic N) is 1. The molecule has 0 saturated heterocycles. The SMILES string of the molecule is CC(C)(C)OC(=O)CC1(C(=O)O)CC(c2cc(OCc3ccccc3)ccc2C2=CCCCC2)=NO1. The molecular formula is C29H33NO6. The number of carboxylic acids is 1. The van der Waals surface area contributed by atoms with Gasteiger partial charge in [-0.2, -0.15) is 0 Å². The predicted octanol–water partition coefficient (Wildman–Crippen LogP) is 5.90. The third kappa shape index (κ3) is 6.14. The summed E-state index contributed by atoms with van der Waals surface area (Å²) in [7, 11) is 0. The van der Waals surface area contributed by atoms with Crippen molar-refractivity contribution < 1.29 is 29.0 Å². The summed E-state index contributed by atoms with van der Waals surface area (Å²) in [5.41, 5.74) is 1.94. The van der Waals surface area contributed by atoms with Gasteiger partial charge in [-0.3, -0.25) is 4.79 Å². The number of ether oxygens (including phenoxy) is 2. The fourth-order valence-electron chi connectivity index (χ4n) is 4.47. The summed E-state index contributed by atoms with van der Waals surface area (Å²) in [5.74, 6) is -1.24. The van der Waals surface area contributed by atoms with E-state index in [1.54, 1.807) is 20.8 Å². The molecule has 190 valence electrons. The standard InChI is InChI=1S/C29H33NO6/c1-28(2,3)35-26(31)18-29(27(32)33)17-25(30-36-29)24-16-22(34-19-20-10-6-4-7-11-20)14-15-23(24)21-12-8-5-9-13-21/h4,6-7,10-12,14-16H,5,8-9,13,17-19H2,1-3H3,(H,32,33). The van der Waals surface area contributed by atoms with Gasteiger partial charge < -0.3 is 19.4 Å². The monoisotopic (exact) mass is 491 g/mol. The van der Waals surface area contributed by atoms with Crippen LogP contribution in [0.1, 0.15) is 76.0 Å². The minimum Gasteiger partial charge on any atom is -0.489 e. The normalized spacial score (nSPS) is 19.6. The van der Waals surface area contributed by atoms with E-state index < -0.39 is 29.6 Å². The number of carbonyl (C=O) groups is 2. The molecule has 2 aliphatic rings. The number of esters is 1. The van der Waals surface area contributed by atoms with Gasteiger partial charge in [-0.05, 0) is 75.3 Å². The topological polar surface area (TPSA) is 94.4 Å². The molecule has 0 radical (unpaired) electrons. The summed E-state index contributed by atoms with van der Waals surface area (Å²) in [4.78, 5) is 30.3. The molecule has 4 rings (SSSR count). The average Bonchev–Trinajstić information content (AvgIpc) is 3.28. The first-order valence-electron chi connectivity index (χ1n) is 12.4. The first kappa shape index (κ1) is 25.5. The van der Waals surface area contributed by atoms with Gasteiger partial charge >= 0.3 is 11.9 Å². The molecule has 1 aliphatic carbocycles. The van der Waals surface area contributed by atoms with Crippen molar-refractivity contribution in [2.24, 2.45) is 5.16 Å². The largest absolute Gasteiger partial charge is 0.489 e. The molecule has 1 N–H and O–H groups in total. The van der Waals surface area contributed by atoms with Crippen molar-refractivity contribution in [3.8, 4) is 5.75 Å². The Kier molecular flexibility index (Phi) is 7.48. The minimum absolute atomic E-state index is 0.0516. The summed E-state index contributed by atoms with van der Waals surface area (Å²) < 4.78 is 11.4. The van der Waals surface area contributed by atoms with Gasteiger partial charge in [0.05, 0.1) is 12.1 Å². The first-order valence-corrected chi connectivity index (χ1v) is 12.4. The van der Waals surface area contributed by atoms with E-state index in [1.165, 1.54) is 5.57 Å². The number of hydrogen-bond donors (Lipinski definition) is 1. The molecule has 0 bridgehead atoms. The van der Waals surface area contributed by atoms with Crippen LogP contribution in [0.5, 0.6) is 5.75 Å². The summed E-state index contributed by atoms with van der Waals surface area (Å²) in [5, 5.41) is 14.2. The zero-order valence-corrected chi connectivity index (χ0v) is 21.1. The number of carboxylic acid groups (broad SMARTS) is 1. The van der Waals surface area contributed by atoms with Crippen LogP contribution in [0.2, 0.25) is 0 Å². The molecule has 0 aromatic heterocycles. The highest BCUT2D eigenvalue weighted by Crippen LogP contribution is 2.37. The number of allylic oxidation sites excluding steroid dienone is 2. The second kappa shape index (κ2) is 10.6. The maximum atomic E-state index is 12.5. The van der Waals surface area contributed by atoms with Crippen molar-refractivity contribution in [3.05, 3.63) is 71.3 Å². The van der Waals surface area contributed by atoms with E-state index >= 15 is 0 Å². The van der Waals surface area contributed by atoms with Crippen LogP contribution >= 0.6 is 0 Å². The number of oxime groups is 1. The second-order valence-electron chi connectivity index (χ2n) is 10.3. The van der Waals surface area contributed by atoms with Gasteiger partial charge in [0, 0.05) is 12.0 Å². The van der Waals surface area contributed by atoms with E-state index in [-0.39, 0.29) is 6.42 Å². The van der Waals surface area contributed by atoms with Gasteiger partial charge in [-0.1, -0.05) is 47.6 Å². The van der Waals surface area contributed by atoms with Crippen LogP contribution in [0.4, 0.5) is 0 Å². The summed E-state index contributed by atoms with van der Waals surface area (Å²) in [6.07, 6.45) is 5.93. The Morgan fingerprint density at radius 1 is 1.08 bits per heavy atom. The number of carbonyl (C=O) groups excluding carboxylic acids is 1. The highest BCUT2D eigenvalue weighted by atomic mass is 16.7. The maximum absolute atomic E-state index is 12.5. The Labute approximate surface area is 211 Å². The lowest BCUT2D eigenvalue weighted by molar-refractivity contribution is -0.175. The highest BCUT2D eigenvalue weighted by molar-refractivity contribution is 6.08. The van der Waals surface area contributed by atoms with Crippen LogP contribution < -0.4 is 4.74 Å². The summed E-state index contributed by atoms with van der Waals surface area (Å²) >= 11 is 0. The van der Waals surface area contributed by atoms with Crippen molar-refractivity contribution in [1.29, 1.82) is 0 Å². The van der Waals surface area contributed by atoms with Crippen molar-refractivity contribution in [2.75, 3.05) is 0 Å². The number of aliphatic carboxylic acids is 1. The number of rotatable bonds is 8. The van der Waals surface area contributed by atoms with Crippen molar-refractivity contribution in [1.82, 2.24) is 0 Å². The molecule has 36 heavy (non-hydrogen) atoms. The van der Waals surface area contributed by atoms with E-state index in [9.17, 15) is 14.7 Å². The highest BCUT2D eigenvalue weighted by Gasteiger charge is 2.50. The van der Waals surface area contributed by atoms with Gasteiger partial charge in [0.2, 0.25) is 5.60 Å². The Balaban J connectivity index is 1.61. The van der Waals surface area contributed by atoms with Crippen LogP contribution in [0, 0.1) is 0 Å². The van der Waals surface area contributed by atoms with E-state index in [0.29, 0.717) is 18.1 Å². The average molecular weight is 492 g/mol. The lowest BCUT2D eigenvalue weighted by atomic mass is 9.85. The molecule has 0 spiro atoms. The predicted molar refractivity (Wildman–Crippen MR) is 137 cm³/mol. The van der Waals surface area contributed by atoms with Crippen molar-refractivity contribution in [2.45, 2.75) is 77.1 Å². The molecule has 0 saturated carbocycles. The summed E-state index contributed by atoms with van der Waals surface area (Å²) in [6.45, 7) is 5.62. The third-order valence-corrected chi connectivity index (χ3v) is 6.21. The smallest absolute Gasteiger partial charge is 0.351 e. The molecule has 1 unspecified atom stereocenters. The zero-order valence-electron chi connectivity index (χ0n) is 21.1. The number of hydrogen-bond acceptors (Lipinski definition) is 6. The van der Waals surface area contributed by atoms with Gasteiger partial charge in [0.25, 0.3) is 0 Å². The lowest BCUT2D eigenvalue weighted by Gasteiger charge is -2.24. The molecule has 1 aliphatic heterocycles. The molecule has 0 amide bonds. The molecule has 1 heterocycles. The Morgan fingerprint density at radius 3 is 2.53 bits per heavy atom. The van der Waals surface area contributed by atoms with Gasteiger partial charge in [0.15, 0.2) is 0 Å². The van der Waals surface area contributed by atoms with E-state index in [2.05, 4.69) is 11.2 Å². The zero-order chi connectivity index (χ0) is 25.8. The van der Waals surface area contributed by atoms with Gasteiger partial charge in [-0.25, -0.2) is 4.79 Å². The van der Waals surface area contributed by atoms with Crippen molar-refractivity contribution >= 4 is 23.2 Å². The maximum Gasteiger partial charge on any atom is 0.351 e. The molecule has 0 fully saturated rings. The van der Waals surface area contributed by atoms with Crippen molar-refractivity contribution in [3.63, 3.8) is 0 Å². The van der Waals surface area contributed by atoms with E-state index in [0.717, 1.165) is 42.4 Å². The molecule has 2 aromatic carbocycles. The van der Waals surface area contributed by atoms with Crippen LogP contribution in [0.25, 0.3) is 5.57 Å². The molecule has 1 atom stereocenters. The Hall–Kier alpha value is -3.61. The van der Waals surface area contributed by atoms with Gasteiger partial charge in [0.1, 0.15) is 18.0 Å². The fraction of sp³-hybridized carbons (Fsp3) is 0.414. The van der Waals surface area contributed by atoms with Crippen LogP contribution in [-0.4, -0.2) is 34.0 Å². The first-order chi connectivity index (χ1) is 17.2. The van der Waals surface area contributed by atoms with Crippen LogP contribution in [-0.2, 0) is 25.8 Å². The second-order valence-corrected chi connectivity index (χ2v) is 10.3. The van der Waals surface area contributed by atoms with Gasteiger partial charge in [-0.15, -0.1) is 0 Å². The molecule has 7 nitrogen and oxygen atoms in total. The van der Waals surface area contributed by atoms with Crippen LogP contribution in [0.15, 0.2) is 59.8 Å². The number of benzene rings is 2. The quantitative estimate of drug-likeness (QED) is 0.462. The van der Waals surface area contributed by atoms with E-state index in [1.807, 2.05) is 48.5 Å². The fourth-order valence-corrected chi connectivity index (χ4v) is 4.47. The lowest BCUT2D eigenvalue weighted by Crippen LogP contribution is -2.42. The molecular weight excluding hydrogens is 458 g/mol. The van der Waals surface area contributed by atoms with E-state index in [4.69, 9.17) is 14.3 Å².